The van der Waals surface area contributed by atoms with Gasteiger partial charge in [0.25, 0.3) is 0 Å². The Kier molecular flexibility index (Phi) is 3.01. The molecule has 0 saturated carbocycles. The zero-order chi connectivity index (χ0) is 9.80. The second kappa shape index (κ2) is 4.44. The molecule has 0 unspecified atom stereocenters. The summed E-state index contributed by atoms with van der Waals surface area (Å²) in [5.74, 6) is 0.249. The Labute approximate surface area is 83.3 Å². The van der Waals surface area contributed by atoms with Crippen molar-refractivity contribution in [2.45, 2.75) is 19.1 Å². The van der Waals surface area contributed by atoms with Crippen LogP contribution in [0.2, 0.25) is 0 Å². The summed E-state index contributed by atoms with van der Waals surface area (Å²) in [7, 11) is 0. The van der Waals surface area contributed by atoms with Crippen LogP contribution in [0.4, 0.5) is 0 Å². The highest BCUT2D eigenvalue weighted by Gasteiger charge is 2.15. The molecule has 0 amide bonds. The number of phenolic OH excluding ortho intramolecular Hbond substituents is 1. The first-order valence-corrected chi connectivity index (χ1v) is 4.88. The molecule has 0 bridgehead atoms. The minimum Gasteiger partial charge on any atom is -0.508 e. The maximum Gasteiger partial charge on any atom is 0.183 e. The molecule has 0 aliphatic carbocycles. The van der Waals surface area contributed by atoms with E-state index in [0.717, 1.165) is 31.6 Å². The fraction of sp³-hybridized carbons (Fsp3) is 0.455. The van der Waals surface area contributed by atoms with E-state index in [1.807, 2.05) is 6.07 Å². The average molecular weight is 194 g/mol. The molecular formula is C11H14O3. The van der Waals surface area contributed by atoms with Gasteiger partial charge in [0.1, 0.15) is 5.75 Å². The highest BCUT2D eigenvalue weighted by Crippen LogP contribution is 2.24. The van der Waals surface area contributed by atoms with Crippen molar-refractivity contribution < 1.29 is 14.6 Å². The largest absolute Gasteiger partial charge is 0.508 e. The Hall–Kier alpha value is -1.06. The van der Waals surface area contributed by atoms with Gasteiger partial charge >= 0.3 is 0 Å². The molecule has 3 heteroatoms. The van der Waals surface area contributed by atoms with E-state index in [4.69, 9.17) is 9.47 Å². The Morgan fingerprint density at radius 1 is 1.14 bits per heavy atom. The van der Waals surface area contributed by atoms with Crippen LogP contribution < -0.4 is 0 Å². The summed E-state index contributed by atoms with van der Waals surface area (Å²) in [6, 6.07) is 7.01. The van der Waals surface area contributed by atoms with Gasteiger partial charge in [0.05, 0.1) is 13.2 Å². The lowest BCUT2D eigenvalue weighted by molar-refractivity contribution is -0.130. The fourth-order valence-electron chi connectivity index (χ4n) is 1.50. The zero-order valence-electron chi connectivity index (χ0n) is 7.98. The van der Waals surface area contributed by atoms with Crippen LogP contribution in [-0.2, 0) is 9.47 Å². The van der Waals surface area contributed by atoms with E-state index in [2.05, 4.69) is 0 Å². The highest BCUT2D eigenvalue weighted by atomic mass is 16.7. The summed E-state index contributed by atoms with van der Waals surface area (Å²) in [4.78, 5) is 0. The van der Waals surface area contributed by atoms with Crippen LogP contribution in [0.5, 0.6) is 5.75 Å². The first-order valence-electron chi connectivity index (χ1n) is 4.88. The lowest BCUT2D eigenvalue weighted by Gasteiger charge is -2.15. The molecule has 76 valence electrons. The van der Waals surface area contributed by atoms with Gasteiger partial charge in [-0.25, -0.2) is 0 Å². The van der Waals surface area contributed by atoms with Gasteiger partial charge in [0, 0.05) is 5.56 Å². The number of hydrogen-bond donors (Lipinski definition) is 1. The third-order valence-corrected chi connectivity index (χ3v) is 2.22. The standard InChI is InChI=1S/C11H14O3/c12-10-5-3-4-9(8-10)11-13-6-1-2-7-14-11/h3-5,8,11-12H,1-2,6-7H2. The van der Waals surface area contributed by atoms with E-state index in [1.165, 1.54) is 0 Å². The lowest BCUT2D eigenvalue weighted by Crippen LogP contribution is -2.06. The van der Waals surface area contributed by atoms with Gasteiger partial charge in [-0.05, 0) is 25.0 Å². The summed E-state index contributed by atoms with van der Waals surface area (Å²) in [6.07, 6.45) is 1.76. The maximum atomic E-state index is 9.30. The van der Waals surface area contributed by atoms with Crippen LogP contribution in [0.15, 0.2) is 24.3 Å². The van der Waals surface area contributed by atoms with E-state index in [-0.39, 0.29) is 12.0 Å². The van der Waals surface area contributed by atoms with Crippen LogP contribution in [0.3, 0.4) is 0 Å². The van der Waals surface area contributed by atoms with Crippen molar-refractivity contribution in [3.63, 3.8) is 0 Å². The molecule has 1 N–H and O–H groups in total. The van der Waals surface area contributed by atoms with Crippen molar-refractivity contribution >= 4 is 0 Å². The maximum absolute atomic E-state index is 9.30. The van der Waals surface area contributed by atoms with Crippen molar-refractivity contribution in [3.05, 3.63) is 29.8 Å². The monoisotopic (exact) mass is 194 g/mol. The number of rotatable bonds is 1. The van der Waals surface area contributed by atoms with Gasteiger partial charge in [-0.1, -0.05) is 12.1 Å². The van der Waals surface area contributed by atoms with Crippen LogP contribution in [-0.4, -0.2) is 18.3 Å². The number of benzene rings is 1. The van der Waals surface area contributed by atoms with Crippen molar-refractivity contribution in [2.24, 2.45) is 0 Å². The predicted octanol–water partition coefficient (Wildman–Crippen LogP) is 2.22. The summed E-state index contributed by atoms with van der Waals surface area (Å²) in [6.45, 7) is 1.45. The van der Waals surface area contributed by atoms with Gasteiger partial charge in [0.2, 0.25) is 0 Å². The van der Waals surface area contributed by atoms with E-state index in [0.29, 0.717) is 0 Å². The first-order chi connectivity index (χ1) is 6.86. The lowest BCUT2D eigenvalue weighted by atomic mass is 10.2. The SMILES string of the molecule is Oc1cccc(C2OCCCCO2)c1. The molecule has 1 fully saturated rings. The number of aromatic hydroxyl groups is 1. The van der Waals surface area contributed by atoms with Gasteiger partial charge in [-0.2, -0.15) is 0 Å². The molecule has 1 aliphatic heterocycles. The summed E-state index contributed by atoms with van der Waals surface area (Å²) >= 11 is 0. The number of hydrogen-bond acceptors (Lipinski definition) is 3. The second-order valence-corrected chi connectivity index (χ2v) is 3.38. The fourth-order valence-corrected chi connectivity index (χ4v) is 1.50. The molecule has 1 heterocycles. The van der Waals surface area contributed by atoms with Crippen molar-refractivity contribution in [1.29, 1.82) is 0 Å². The zero-order valence-corrected chi connectivity index (χ0v) is 7.98. The normalized spacial score (nSPS) is 19.1. The van der Waals surface area contributed by atoms with E-state index in [1.54, 1.807) is 18.2 Å². The van der Waals surface area contributed by atoms with Crippen molar-refractivity contribution in [3.8, 4) is 5.75 Å². The minimum atomic E-state index is -0.315. The Bertz CT molecular complexity index is 290. The number of ether oxygens (including phenoxy) is 2. The smallest absolute Gasteiger partial charge is 0.183 e. The summed E-state index contributed by atoms with van der Waals surface area (Å²) < 4.78 is 11.0. The molecule has 1 aromatic carbocycles. The number of phenols is 1. The highest BCUT2D eigenvalue weighted by molar-refractivity contribution is 5.27. The molecule has 0 radical (unpaired) electrons. The van der Waals surface area contributed by atoms with Gasteiger partial charge in [-0.3, -0.25) is 0 Å². The summed E-state index contributed by atoms with van der Waals surface area (Å²) in [5.41, 5.74) is 0.881. The molecule has 1 aromatic rings. The predicted molar refractivity (Wildman–Crippen MR) is 52.0 cm³/mol. The third-order valence-electron chi connectivity index (χ3n) is 2.22. The Morgan fingerprint density at radius 3 is 2.50 bits per heavy atom. The van der Waals surface area contributed by atoms with Crippen molar-refractivity contribution in [2.75, 3.05) is 13.2 Å². The van der Waals surface area contributed by atoms with Crippen LogP contribution in [0.25, 0.3) is 0 Å². The van der Waals surface area contributed by atoms with Crippen LogP contribution in [0, 0.1) is 0 Å². The van der Waals surface area contributed by atoms with Gasteiger partial charge in [-0.15, -0.1) is 0 Å². The Morgan fingerprint density at radius 2 is 1.86 bits per heavy atom. The molecule has 1 aliphatic rings. The topological polar surface area (TPSA) is 38.7 Å². The molecule has 0 atom stereocenters. The van der Waals surface area contributed by atoms with Crippen LogP contribution in [0.1, 0.15) is 24.7 Å². The molecule has 3 nitrogen and oxygen atoms in total. The third kappa shape index (κ3) is 2.25. The molecule has 1 saturated heterocycles. The summed E-state index contributed by atoms with van der Waals surface area (Å²) in [5, 5.41) is 9.30. The van der Waals surface area contributed by atoms with E-state index >= 15 is 0 Å². The molecule has 0 aromatic heterocycles. The molecular weight excluding hydrogens is 180 g/mol. The molecule has 14 heavy (non-hydrogen) atoms. The Balaban J connectivity index is 2.12. The average Bonchev–Trinajstić information content (AvgIpc) is 2.45. The molecule has 2 rings (SSSR count). The van der Waals surface area contributed by atoms with E-state index in [9.17, 15) is 5.11 Å². The minimum absolute atomic E-state index is 0.249. The van der Waals surface area contributed by atoms with Gasteiger partial charge in [0.15, 0.2) is 6.29 Å². The van der Waals surface area contributed by atoms with E-state index < -0.39 is 0 Å². The molecule has 0 spiro atoms. The first kappa shape index (κ1) is 9.49. The second-order valence-electron chi connectivity index (χ2n) is 3.38. The van der Waals surface area contributed by atoms with Crippen molar-refractivity contribution in [1.82, 2.24) is 0 Å². The van der Waals surface area contributed by atoms with Gasteiger partial charge < -0.3 is 14.6 Å². The quantitative estimate of drug-likeness (QED) is 0.745. The van der Waals surface area contributed by atoms with Crippen LogP contribution >= 0.6 is 0 Å².